The first-order chi connectivity index (χ1) is 15.2. The van der Waals surface area contributed by atoms with Crippen LogP contribution in [0, 0.1) is 0 Å². The van der Waals surface area contributed by atoms with Gasteiger partial charge in [-0.3, -0.25) is 14.6 Å². The molecular weight excluding hydrogens is 472 g/mol. The van der Waals surface area contributed by atoms with Gasteiger partial charge in [0.15, 0.2) is 0 Å². The first-order valence-corrected chi connectivity index (χ1v) is 12.1. The lowest BCUT2D eigenvalue weighted by Gasteiger charge is -2.34. The maximum absolute atomic E-state index is 13.2. The Labute approximate surface area is 193 Å². The van der Waals surface area contributed by atoms with Gasteiger partial charge in [0, 0.05) is 48.1 Å². The van der Waals surface area contributed by atoms with E-state index in [-0.39, 0.29) is 5.56 Å². The quantitative estimate of drug-likeness (QED) is 0.404. The molecule has 5 rings (SSSR count). The number of aromatic nitrogens is 2. The van der Waals surface area contributed by atoms with Gasteiger partial charge in [-0.05, 0) is 40.6 Å². The number of thiophene rings is 1. The Hall–Kier alpha value is -2.32. The summed E-state index contributed by atoms with van der Waals surface area (Å²) in [6, 6.07) is 18.0. The Kier molecular flexibility index (Phi) is 6.00. The van der Waals surface area contributed by atoms with Crippen LogP contribution in [0.15, 0.2) is 74.6 Å². The molecule has 31 heavy (non-hydrogen) atoms. The van der Waals surface area contributed by atoms with Crippen LogP contribution in [0.25, 0.3) is 22.0 Å². The highest BCUT2D eigenvalue weighted by Crippen LogP contribution is 2.26. The van der Waals surface area contributed by atoms with Crippen molar-refractivity contribution in [3.63, 3.8) is 0 Å². The van der Waals surface area contributed by atoms with Crippen LogP contribution in [-0.2, 0) is 13.2 Å². The van der Waals surface area contributed by atoms with Gasteiger partial charge in [-0.2, -0.15) is 16.4 Å². The number of hydrogen-bond acceptors (Lipinski definition) is 5. The van der Waals surface area contributed by atoms with Crippen LogP contribution in [0.4, 0.5) is 0 Å². The van der Waals surface area contributed by atoms with E-state index < -0.39 is 0 Å². The van der Waals surface area contributed by atoms with Gasteiger partial charge in [0.05, 0.1) is 17.7 Å². The average Bonchev–Trinajstić information content (AvgIpc) is 3.31. The van der Waals surface area contributed by atoms with E-state index in [0.29, 0.717) is 12.1 Å². The Bertz CT molecular complexity index is 1230. The van der Waals surface area contributed by atoms with E-state index in [1.54, 1.807) is 16.0 Å². The van der Waals surface area contributed by atoms with Crippen molar-refractivity contribution in [1.29, 1.82) is 0 Å². The van der Waals surface area contributed by atoms with Crippen molar-refractivity contribution in [2.45, 2.75) is 13.2 Å². The minimum atomic E-state index is -0.0304. The van der Waals surface area contributed by atoms with Crippen LogP contribution in [0.1, 0.15) is 5.56 Å². The smallest absolute Gasteiger partial charge is 0.275 e. The highest BCUT2D eigenvalue weighted by molar-refractivity contribution is 9.10. The standard InChI is InChI=1S/C24H23BrN4OS/c25-20-7-5-19(6-8-20)23-21-3-1-2-4-22(21)24(30)29(26-23)17-28-12-10-27(11-13-28)15-18-9-14-31-16-18/h1-9,14,16H,10-13,15,17H2. The van der Waals surface area contributed by atoms with Crippen LogP contribution < -0.4 is 5.56 Å². The zero-order valence-corrected chi connectivity index (χ0v) is 19.5. The second-order valence-corrected chi connectivity index (χ2v) is 9.57. The molecule has 0 spiro atoms. The Morgan fingerprint density at radius 3 is 2.32 bits per heavy atom. The SMILES string of the molecule is O=c1c2ccccc2c(-c2ccc(Br)cc2)nn1CN1CCN(Cc2ccsc2)CC1. The van der Waals surface area contributed by atoms with E-state index in [2.05, 4.69) is 42.6 Å². The van der Waals surface area contributed by atoms with Crippen LogP contribution in [0.5, 0.6) is 0 Å². The lowest BCUT2D eigenvalue weighted by molar-refractivity contribution is 0.0974. The molecule has 1 aliphatic heterocycles. The molecule has 0 bridgehead atoms. The molecule has 158 valence electrons. The van der Waals surface area contributed by atoms with Gasteiger partial charge in [0.1, 0.15) is 0 Å². The fourth-order valence-corrected chi connectivity index (χ4v) is 5.00. The molecule has 2 aromatic carbocycles. The molecule has 7 heteroatoms. The predicted octanol–water partition coefficient (Wildman–Crippen LogP) is 4.66. The van der Waals surface area contributed by atoms with Crippen molar-refractivity contribution in [3.05, 3.63) is 85.7 Å². The minimum Gasteiger partial charge on any atom is -0.297 e. The zero-order chi connectivity index (χ0) is 21.2. The topological polar surface area (TPSA) is 41.4 Å². The zero-order valence-electron chi connectivity index (χ0n) is 17.1. The number of fused-ring (bicyclic) bond motifs is 1. The molecule has 5 nitrogen and oxygen atoms in total. The van der Waals surface area contributed by atoms with Gasteiger partial charge in [0.2, 0.25) is 0 Å². The summed E-state index contributed by atoms with van der Waals surface area (Å²) in [6.07, 6.45) is 0. The second-order valence-electron chi connectivity index (χ2n) is 7.87. The number of hydrogen-bond donors (Lipinski definition) is 0. The number of rotatable bonds is 5. The number of piperazine rings is 1. The van der Waals surface area contributed by atoms with E-state index in [4.69, 9.17) is 5.10 Å². The Morgan fingerprint density at radius 1 is 0.903 bits per heavy atom. The molecule has 1 saturated heterocycles. The first kappa shape index (κ1) is 20.6. The average molecular weight is 495 g/mol. The molecule has 0 N–H and O–H groups in total. The molecule has 1 aliphatic rings. The van der Waals surface area contributed by atoms with Crippen LogP contribution in [-0.4, -0.2) is 45.8 Å². The Balaban J connectivity index is 1.39. The van der Waals surface area contributed by atoms with Crippen LogP contribution in [0.3, 0.4) is 0 Å². The molecule has 3 heterocycles. The summed E-state index contributed by atoms with van der Waals surface area (Å²) in [4.78, 5) is 18.0. The van der Waals surface area contributed by atoms with Gasteiger partial charge in [-0.25, -0.2) is 4.68 Å². The Morgan fingerprint density at radius 2 is 1.61 bits per heavy atom. The van der Waals surface area contributed by atoms with Crippen molar-refractivity contribution < 1.29 is 0 Å². The van der Waals surface area contributed by atoms with Crippen molar-refractivity contribution in [2.24, 2.45) is 0 Å². The maximum atomic E-state index is 13.2. The first-order valence-electron chi connectivity index (χ1n) is 10.4. The fourth-order valence-electron chi connectivity index (χ4n) is 4.07. The number of halogens is 1. The lowest BCUT2D eigenvalue weighted by Crippen LogP contribution is -2.47. The third-order valence-electron chi connectivity index (χ3n) is 5.77. The third-order valence-corrected chi connectivity index (χ3v) is 7.03. The van der Waals surface area contributed by atoms with E-state index in [9.17, 15) is 4.79 Å². The summed E-state index contributed by atoms with van der Waals surface area (Å²) in [5.74, 6) is 0. The van der Waals surface area contributed by atoms with Gasteiger partial charge in [-0.15, -0.1) is 0 Å². The molecule has 0 unspecified atom stereocenters. The van der Waals surface area contributed by atoms with Gasteiger partial charge in [0.25, 0.3) is 5.56 Å². The van der Waals surface area contributed by atoms with E-state index in [0.717, 1.165) is 53.8 Å². The lowest BCUT2D eigenvalue weighted by atomic mass is 10.1. The summed E-state index contributed by atoms with van der Waals surface area (Å²) < 4.78 is 2.66. The molecule has 0 saturated carbocycles. The van der Waals surface area contributed by atoms with Crippen molar-refractivity contribution >= 4 is 38.0 Å². The summed E-state index contributed by atoms with van der Waals surface area (Å²) in [5.41, 5.74) is 3.20. The third kappa shape index (κ3) is 4.50. The highest BCUT2D eigenvalue weighted by Gasteiger charge is 2.19. The van der Waals surface area contributed by atoms with Crippen molar-refractivity contribution in [1.82, 2.24) is 19.6 Å². The second kappa shape index (κ2) is 9.04. The normalized spacial score (nSPS) is 15.5. The van der Waals surface area contributed by atoms with E-state index >= 15 is 0 Å². The van der Waals surface area contributed by atoms with E-state index in [1.165, 1.54) is 5.56 Å². The molecular formula is C24H23BrN4OS. The summed E-state index contributed by atoms with van der Waals surface area (Å²) in [6.45, 7) is 5.37. The molecule has 2 aromatic heterocycles. The molecule has 4 aromatic rings. The van der Waals surface area contributed by atoms with Gasteiger partial charge < -0.3 is 0 Å². The minimum absolute atomic E-state index is 0.0304. The van der Waals surface area contributed by atoms with Crippen molar-refractivity contribution in [2.75, 3.05) is 26.2 Å². The van der Waals surface area contributed by atoms with Gasteiger partial charge >= 0.3 is 0 Å². The fraction of sp³-hybridized carbons (Fsp3) is 0.250. The maximum Gasteiger partial charge on any atom is 0.275 e. The molecule has 0 radical (unpaired) electrons. The molecule has 0 atom stereocenters. The van der Waals surface area contributed by atoms with E-state index in [1.807, 2.05) is 48.5 Å². The van der Waals surface area contributed by atoms with Crippen LogP contribution >= 0.6 is 27.3 Å². The summed E-state index contributed by atoms with van der Waals surface area (Å²) in [7, 11) is 0. The van der Waals surface area contributed by atoms with Crippen molar-refractivity contribution in [3.8, 4) is 11.3 Å². The highest BCUT2D eigenvalue weighted by atomic mass is 79.9. The number of nitrogens with zero attached hydrogens (tertiary/aromatic N) is 4. The van der Waals surface area contributed by atoms with Gasteiger partial charge in [-0.1, -0.05) is 46.3 Å². The monoisotopic (exact) mass is 494 g/mol. The summed E-state index contributed by atoms with van der Waals surface area (Å²) in [5, 5.41) is 10.8. The predicted molar refractivity (Wildman–Crippen MR) is 130 cm³/mol. The van der Waals surface area contributed by atoms with Crippen LogP contribution in [0.2, 0.25) is 0 Å². The largest absolute Gasteiger partial charge is 0.297 e. The summed E-state index contributed by atoms with van der Waals surface area (Å²) >= 11 is 5.24. The molecule has 0 amide bonds. The molecule has 1 fully saturated rings. The number of benzene rings is 2. The molecule has 0 aliphatic carbocycles.